The summed E-state index contributed by atoms with van der Waals surface area (Å²) in [7, 11) is 0. The molecule has 0 saturated carbocycles. The van der Waals surface area contributed by atoms with Crippen LogP contribution in [0.2, 0.25) is 0 Å². The van der Waals surface area contributed by atoms with Crippen LogP contribution >= 0.6 is 0 Å². The van der Waals surface area contributed by atoms with Crippen molar-refractivity contribution in [2.45, 2.75) is 25.5 Å². The van der Waals surface area contributed by atoms with Crippen molar-refractivity contribution in [3.05, 3.63) is 53.5 Å². The molecule has 1 amide bonds. The largest absolute Gasteiger partial charge is 0.490 e. The SMILES string of the molecule is O=C(NCc1ccc(C(=O)O)o1)c1ccc(OC2CCOCC2)cc1. The van der Waals surface area contributed by atoms with Gasteiger partial charge in [-0.15, -0.1) is 0 Å². The monoisotopic (exact) mass is 345 g/mol. The Balaban J connectivity index is 1.52. The van der Waals surface area contributed by atoms with Crippen LogP contribution < -0.4 is 10.1 Å². The van der Waals surface area contributed by atoms with Gasteiger partial charge >= 0.3 is 5.97 Å². The Labute approximate surface area is 144 Å². The van der Waals surface area contributed by atoms with Crippen molar-refractivity contribution in [1.29, 1.82) is 0 Å². The Morgan fingerprint density at radius 3 is 2.48 bits per heavy atom. The lowest BCUT2D eigenvalue weighted by atomic mass is 10.1. The molecule has 25 heavy (non-hydrogen) atoms. The first-order valence-corrected chi connectivity index (χ1v) is 8.06. The third-order valence-corrected chi connectivity index (χ3v) is 3.88. The van der Waals surface area contributed by atoms with Crippen molar-refractivity contribution < 1.29 is 28.6 Å². The van der Waals surface area contributed by atoms with E-state index in [1.807, 2.05) is 0 Å². The molecule has 1 aliphatic rings. The second-order valence-corrected chi connectivity index (χ2v) is 5.71. The highest BCUT2D eigenvalue weighted by Gasteiger charge is 2.15. The lowest BCUT2D eigenvalue weighted by Gasteiger charge is -2.23. The zero-order chi connectivity index (χ0) is 17.6. The van der Waals surface area contributed by atoms with Gasteiger partial charge in [0.25, 0.3) is 5.91 Å². The van der Waals surface area contributed by atoms with Crippen LogP contribution in [0, 0.1) is 0 Å². The topological polar surface area (TPSA) is 98.0 Å². The quantitative estimate of drug-likeness (QED) is 0.834. The predicted molar refractivity (Wildman–Crippen MR) is 87.7 cm³/mol. The Hall–Kier alpha value is -2.80. The van der Waals surface area contributed by atoms with Gasteiger partial charge in [0.1, 0.15) is 17.6 Å². The number of carboxylic acids is 1. The van der Waals surface area contributed by atoms with Gasteiger partial charge in [-0.05, 0) is 36.4 Å². The summed E-state index contributed by atoms with van der Waals surface area (Å²) < 4.78 is 16.2. The van der Waals surface area contributed by atoms with Crippen molar-refractivity contribution in [3.8, 4) is 5.75 Å². The van der Waals surface area contributed by atoms with Gasteiger partial charge in [-0.25, -0.2) is 4.79 Å². The molecule has 2 N–H and O–H groups in total. The van der Waals surface area contributed by atoms with Gasteiger partial charge in [-0.2, -0.15) is 0 Å². The zero-order valence-electron chi connectivity index (χ0n) is 13.6. The number of carboxylic acid groups (broad SMARTS) is 1. The van der Waals surface area contributed by atoms with E-state index in [1.165, 1.54) is 12.1 Å². The number of amides is 1. The number of nitrogens with one attached hydrogen (secondary N) is 1. The van der Waals surface area contributed by atoms with Gasteiger partial charge in [0.2, 0.25) is 5.76 Å². The third-order valence-electron chi connectivity index (χ3n) is 3.88. The first-order chi connectivity index (χ1) is 12.1. The molecule has 0 aliphatic carbocycles. The minimum atomic E-state index is -1.14. The van der Waals surface area contributed by atoms with E-state index in [2.05, 4.69) is 5.32 Å². The van der Waals surface area contributed by atoms with Crippen LogP contribution in [0.1, 0.15) is 39.5 Å². The number of carbonyl (C=O) groups is 2. The summed E-state index contributed by atoms with van der Waals surface area (Å²) in [5.74, 6) is -0.465. The number of hydrogen-bond acceptors (Lipinski definition) is 5. The highest BCUT2D eigenvalue weighted by atomic mass is 16.5. The van der Waals surface area contributed by atoms with E-state index in [-0.39, 0.29) is 24.3 Å². The molecule has 3 rings (SSSR count). The molecule has 0 radical (unpaired) electrons. The summed E-state index contributed by atoms with van der Waals surface area (Å²) in [6.45, 7) is 1.54. The Morgan fingerprint density at radius 1 is 1.12 bits per heavy atom. The van der Waals surface area contributed by atoms with Crippen LogP contribution in [-0.2, 0) is 11.3 Å². The number of carbonyl (C=O) groups excluding carboxylic acids is 1. The number of hydrogen-bond donors (Lipinski definition) is 2. The number of rotatable bonds is 6. The van der Waals surface area contributed by atoms with E-state index in [0.29, 0.717) is 24.5 Å². The van der Waals surface area contributed by atoms with E-state index in [0.717, 1.165) is 18.6 Å². The van der Waals surface area contributed by atoms with Crippen LogP contribution in [-0.4, -0.2) is 36.3 Å². The molecule has 1 fully saturated rings. The number of aromatic carboxylic acids is 1. The third kappa shape index (κ3) is 4.60. The van der Waals surface area contributed by atoms with Crippen LogP contribution in [0.4, 0.5) is 0 Å². The van der Waals surface area contributed by atoms with Crippen molar-refractivity contribution in [2.75, 3.05) is 13.2 Å². The highest BCUT2D eigenvalue weighted by molar-refractivity contribution is 5.94. The number of benzene rings is 1. The molecule has 1 aromatic heterocycles. The van der Waals surface area contributed by atoms with Crippen LogP contribution in [0.5, 0.6) is 5.75 Å². The smallest absolute Gasteiger partial charge is 0.371 e. The molecule has 2 aromatic rings. The van der Waals surface area contributed by atoms with E-state index >= 15 is 0 Å². The molecule has 7 heteroatoms. The van der Waals surface area contributed by atoms with Crippen LogP contribution in [0.25, 0.3) is 0 Å². The Kier molecular flexibility index (Phi) is 5.35. The van der Waals surface area contributed by atoms with E-state index in [1.54, 1.807) is 24.3 Å². The fraction of sp³-hybridized carbons (Fsp3) is 0.333. The maximum Gasteiger partial charge on any atom is 0.371 e. The van der Waals surface area contributed by atoms with Gasteiger partial charge in [0.05, 0.1) is 19.8 Å². The molecule has 0 bridgehead atoms. The molecule has 7 nitrogen and oxygen atoms in total. The molecular weight excluding hydrogens is 326 g/mol. The van der Waals surface area contributed by atoms with Gasteiger partial charge < -0.3 is 24.3 Å². The van der Waals surface area contributed by atoms with Crippen LogP contribution in [0.15, 0.2) is 40.8 Å². The van der Waals surface area contributed by atoms with Crippen LogP contribution in [0.3, 0.4) is 0 Å². The minimum absolute atomic E-state index is 0.117. The summed E-state index contributed by atoms with van der Waals surface area (Å²) in [6.07, 6.45) is 1.88. The molecule has 0 atom stereocenters. The normalized spacial score (nSPS) is 14.9. The van der Waals surface area contributed by atoms with Crippen molar-refractivity contribution in [1.82, 2.24) is 5.32 Å². The van der Waals surface area contributed by atoms with Crippen molar-refractivity contribution in [2.24, 2.45) is 0 Å². The summed E-state index contributed by atoms with van der Waals surface area (Å²) in [6, 6.07) is 9.78. The molecule has 1 aliphatic heterocycles. The molecular formula is C18H19NO6. The first-order valence-electron chi connectivity index (χ1n) is 8.06. The molecule has 1 aromatic carbocycles. The second kappa shape index (κ2) is 7.85. The molecule has 0 unspecified atom stereocenters. The van der Waals surface area contributed by atoms with E-state index in [9.17, 15) is 9.59 Å². The molecule has 0 spiro atoms. The van der Waals surface area contributed by atoms with E-state index in [4.69, 9.17) is 19.0 Å². The lowest BCUT2D eigenvalue weighted by molar-refractivity contribution is 0.0255. The fourth-order valence-corrected chi connectivity index (χ4v) is 2.53. The number of ether oxygens (including phenoxy) is 2. The van der Waals surface area contributed by atoms with Crippen molar-refractivity contribution in [3.63, 3.8) is 0 Å². The predicted octanol–water partition coefficient (Wildman–Crippen LogP) is 2.47. The summed E-state index contributed by atoms with van der Waals surface area (Å²) in [4.78, 5) is 22.9. The summed E-state index contributed by atoms with van der Waals surface area (Å²) >= 11 is 0. The maximum atomic E-state index is 12.1. The molecule has 132 valence electrons. The Bertz CT molecular complexity index is 730. The fourth-order valence-electron chi connectivity index (χ4n) is 2.53. The second-order valence-electron chi connectivity index (χ2n) is 5.71. The zero-order valence-corrected chi connectivity index (χ0v) is 13.6. The van der Waals surface area contributed by atoms with Gasteiger partial charge in [-0.3, -0.25) is 4.79 Å². The summed E-state index contributed by atoms with van der Waals surface area (Å²) in [5, 5.41) is 11.5. The average molecular weight is 345 g/mol. The highest BCUT2D eigenvalue weighted by Crippen LogP contribution is 2.18. The lowest BCUT2D eigenvalue weighted by Crippen LogP contribution is -2.26. The van der Waals surface area contributed by atoms with Gasteiger partial charge in [0.15, 0.2) is 0 Å². The van der Waals surface area contributed by atoms with Gasteiger partial charge in [0, 0.05) is 18.4 Å². The molecule has 1 saturated heterocycles. The Morgan fingerprint density at radius 2 is 1.84 bits per heavy atom. The standard InChI is InChI=1S/C18H19NO6/c20-17(19-11-15-5-6-16(25-15)18(21)22)12-1-3-13(4-2-12)24-14-7-9-23-10-8-14/h1-6,14H,7-11H2,(H,19,20)(H,21,22). The molecule has 2 heterocycles. The van der Waals surface area contributed by atoms with E-state index < -0.39 is 5.97 Å². The number of furan rings is 1. The minimum Gasteiger partial charge on any atom is -0.490 e. The maximum absolute atomic E-state index is 12.1. The average Bonchev–Trinajstić information content (AvgIpc) is 3.11. The van der Waals surface area contributed by atoms with Gasteiger partial charge in [-0.1, -0.05) is 0 Å². The first kappa shape index (κ1) is 17.0. The van der Waals surface area contributed by atoms with Crippen molar-refractivity contribution >= 4 is 11.9 Å². The summed E-state index contributed by atoms with van der Waals surface area (Å²) in [5.41, 5.74) is 0.490.